The highest BCUT2D eigenvalue weighted by molar-refractivity contribution is 5.96. The molecule has 0 unspecified atom stereocenters. The molecule has 25 heavy (non-hydrogen) atoms. The van der Waals surface area contributed by atoms with Gasteiger partial charge in [0.05, 0.1) is 5.41 Å². The molecule has 2 fully saturated rings. The summed E-state index contributed by atoms with van der Waals surface area (Å²) in [7, 11) is 1.85. The summed E-state index contributed by atoms with van der Waals surface area (Å²) in [4.78, 5) is 33.5. The minimum atomic E-state index is -0.501. The van der Waals surface area contributed by atoms with E-state index in [1.807, 2.05) is 30.1 Å². The van der Waals surface area contributed by atoms with Gasteiger partial charge in [-0.2, -0.15) is 0 Å². The maximum atomic E-state index is 13.0. The minimum absolute atomic E-state index is 0.0254. The Hall–Kier alpha value is -2.69. The third-order valence-corrected chi connectivity index (χ3v) is 5.63. The Balaban J connectivity index is 1.70. The van der Waals surface area contributed by atoms with Crippen molar-refractivity contribution >= 4 is 11.8 Å². The van der Waals surface area contributed by atoms with E-state index in [9.17, 15) is 9.59 Å². The zero-order chi connectivity index (χ0) is 17.4. The standard InChI is InChI=1S/C20H21N3O2/c1-22-12-9-20(19(22)25)14-23(18(24)16-7-10-21-11-8-16)13-17(20)15-5-3-2-4-6-15/h2-8,10-11,17H,9,12-14H2,1H3/t17-,20+/m0/s1. The summed E-state index contributed by atoms with van der Waals surface area (Å²) in [6.45, 7) is 1.81. The monoisotopic (exact) mass is 335 g/mol. The van der Waals surface area contributed by atoms with E-state index in [-0.39, 0.29) is 17.7 Å². The molecule has 0 radical (unpaired) electrons. The first-order chi connectivity index (χ1) is 12.1. The normalized spacial score (nSPS) is 25.8. The van der Waals surface area contributed by atoms with Gasteiger partial charge in [-0.15, -0.1) is 0 Å². The average Bonchev–Trinajstić information content (AvgIpc) is 3.19. The molecule has 2 amide bonds. The van der Waals surface area contributed by atoms with Gasteiger partial charge in [0.1, 0.15) is 0 Å². The molecule has 5 nitrogen and oxygen atoms in total. The Morgan fingerprint density at radius 1 is 1.16 bits per heavy atom. The fourth-order valence-electron chi connectivity index (χ4n) is 4.28. The van der Waals surface area contributed by atoms with Crippen LogP contribution in [0.15, 0.2) is 54.9 Å². The summed E-state index contributed by atoms with van der Waals surface area (Å²) in [6.07, 6.45) is 4.05. The molecule has 3 heterocycles. The Labute approximate surface area is 147 Å². The van der Waals surface area contributed by atoms with Crippen molar-refractivity contribution in [1.29, 1.82) is 0 Å². The van der Waals surface area contributed by atoms with Gasteiger partial charge in [0.25, 0.3) is 5.91 Å². The molecule has 2 saturated heterocycles. The number of pyridine rings is 1. The molecule has 2 aliphatic rings. The molecule has 0 saturated carbocycles. The summed E-state index contributed by atoms with van der Waals surface area (Å²) in [5.41, 5.74) is 1.26. The lowest BCUT2D eigenvalue weighted by molar-refractivity contribution is -0.134. The number of likely N-dealkylation sites (tertiary alicyclic amines) is 2. The Morgan fingerprint density at radius 2 is 1.88 bits per heavy atom. The van der Waals surface area contributed by atoms with Gasteiger partial charge >= 0.3 is 0 Å². The number of hydrogen-bond donors (Lipinski definition) is 0. The molecule has 4 rings (SSSR count). The number of rotatable bonds is 2. The van der Waals surface area contributed by atoms with Gasteiger partial charge in [-0.25, -0.2) is 0 Å². The van der Waals surface area contributed by atoms with Crippen molar-refractivity contribution in [3.05, 3.63) is 66.0 Å². The summed E-state index contributed by atoms with van der Waals surface area (Å²) in [5, 5.41) is 0. The van der Waals surface area contributed by atoms with Crippen LogP contribution in [-0.2, 0) is 4.79 Å². The van der Waals surface area contributed by atoms with Crippen LogP contribution < -0.4 is 0 Å². The van der Waals surface area contributed by atoms with E-state index in [4.69, 9.17) is 0 Å². The third-order valence-electron chi connectivity index (χ3n) is 5.63. The molecule has 0 aliphatic carbocycles. The highest BCUT2D eigenvalue weighted by Crippen LogP contribution is 2.49. The Kier molecular flexibility index (Phi) is 3.79. The lowest BCUT2D eigenvalue weighted by atomic mass is 9.73. The second-order valence-electron chi connectivity index (χ2n) is 7.02. The van der Waals surface area contributed by atoms with Crippen molar-refractivity contribution in [2.75, 3.05) is 26.7 Å². The summed E-state index contributed by atoms with van der Waals surface area (Å²) in [5.74, 6) is 0.172. The average molecular weight is 335 g/mol. The first-order valence-electron chi connectivity index (χ1n) is 8.62. The summed E-state index contributed by atoms with van der Waals surface area (Å²) < 4.78 is 0. The van der Waals surface area contributed by atoms with Crippen molar-refractivity contribution in [2.24, 2.45) is 5.41 Å². The maximum absolute atomic E-state index is 13.0. The molecular weight excluding hydrogens is 314 g/mol. The van der Waals surface area contributed by atoms with E-state index in [0.29, 0.717) is 18.7 Å². The molecule has 2 aliphatic heterocycles. The lowest BCUT2D eigenvalue weighted by Crippen LogP contribution is -2.39. The number of carbonyl (C=O) groups is 2. The molecular formula is C20H21N3O2. The highest BCUT2D eigenvalue weighted by atomic mass is 16.2. The van der Waals surface area contributed by atoms with Gasteiger partial charge in [0, 0.05) is 50.6 Å². The minimum Gasteiger partial charge on any atom is -0.345 e. The van der Waals surface area contributed by atoms with Crippen LogP contribution in [0.3, 0.4) is 0 Å². The van der Waals surface area contributed by atoms with Gasteiger partial charge in [-0.3, -0.25) is 14.6 Å². The van der Waals surface area contributed by atoms with Crippen molar-refractivity contribution in [3.63, 3.8) is 0 Å². The predicted octanol–water partition coefficient (Wildman–Crippen LogP) is 2.17. The molecule has 1 aromatic heterocycles. The van der Waals surface area contributed by atoms with Crippen LogP contribution in [0.4, 0.5) is 0 Å². The Morgan fingerprint density at radius 3 is 2.52 bits per heavy atom. The van der Waals surface area contributed by atoms with Crippen molar-refractivity contribution in [3.8, 4) is 0 Å². The zero-order valence-electron chi connectivity index (χ0n) is 14.3. The molecule has 0 bridgehead atoms. The SMILES string of the molecule is CN1CC[C@]2(CN(C(=O)c3ccncc3)C[C@H]2c2ccccc2)C1=O. The molecule has 2 aromatic rings. The summed E-state index contributed by atoms with van der Waals surface area (Å²) in [6, 6.07) is 13.6. The van der Waals surface area contributed by atoms with E-state index in [1.54, 1.807) is 29.4 Å². The van der Waals surface area contributed by atoms with Crippen molar-refractivity contribution < 1.29 is 9.59 Å². The first-order valence-corrected chi connectivity index (χ1v) is 8.62. The third kappa shape index (κ3) is 2.51. The van der Waals surface area contributed by atoms with Gasteiger partial charge < -0.3 is 9.80 Å². The van der Waals surface area contributed by atoms with E-state index in [0.717, 1.165) is 18.5 Å². The molecule has 0 N–H and O–H groups in total. The number of hydrogen-bond acceptors (Lipinski definition) is 3. The fourth-order valence-corrected chi connectivity index (χ4v) is 4.28. The van der Waals surface area contributed by atoms with Crippen LogP contribution in [0.25, 0.3) is 0 Å². The first kappa shape index (κ1) is 15.8. The van der Waals surface area contributed by atoms with Gasteiger partial charge in [-0.05, 0) is 24.1 Å². The van der Waals surface area contributed by atoms with E-state index < -0.39 is 5.41 Å². The molecule has 1 aromatic carbocycles. The quantitative estimate of drug-likeness (QED) is 0.845. The molecule has 1 spiro atoms. The van der Waals surface area contributed by atoms with Gasteiger partial charge in [-0.1, -0.05) is 30.3 Å². The van der Waals surface area contributed by atoms with Crippen molar-refractivity contribution in [1.82, 2.24) is 14.8 Å². The van der Waals surface area contributed by atoms with Crippen LogP contribution in [0, 0.1) is 5.41 Å². The van der Waals surface area contributed by atoms with Crippen LogP contribution >= 0.6 is 0 Å². The van der Waals surface area contributed by atoms with Crippen molar-refractivity contribution in [2.45, 2.75) is 12.3 Å². The molecule has 128 valence electrons. The molecule has 2 atom stereocenters. The van der Waals surface area contributed by atoms with Crippen LogP contribution in [-0.4, -0.2) is 53.3 Å². The number of amides is 2. The molecule has 5 heteroatoms. The number of aromatic nitrogens is 1. The number of benzene rings is 1. The number of nitrogens with zero attached hydrogens (tertiary/aromatic N) is 3. The van der Waals surface area contributed by atoms with E-state index in [2.05, 4.69) is 17.1 Å². The second-order valence-corrected chi connectivity index (χ2v) is 7.02. The van der Waals surface area contributed by atoms with E-state index in [1.165, 1.54) is 0 Å². The smallest absolute Gasteiger partial charge is 0.254 e. The zero-order valence-corrected chi connectivity index (χ0v) is 14.3. The van der Waals surface area contributed by atoms with Crippen LogP contribution in [0.5, 0.6) is 0 Å². The Bertz CT molecular complexity index is 793. The van der Waals surface area contributed by atoms with E-state index >= 15 is 0 Å². The summed E-state index contributed by atoms with van der Waals surface area (Å²) >= 11 is 0. The van der Waals surface area contributed by atoms with Crippen LogP contribution in [0.1, 0.15) is 28.3 Å². The number of carbonyl (C=O) groups excluding carboxylic acids is 2. The fraction of sp³-hybridized carbons (Fsp3) is 0.350. The second kappa shape index (κ2) is 5.99. The highest BCUT2D eigenvalue weighted by Gasteiger charge is 2.57. The topological polar surface area (TPSA) is 53.5 Å². The predicted molar refractivity (Wildman–Crippen MR) is 94.0 cm³/mol. The lowest BCUT2D eigenvalue weighted by Gasteiger charge is -2.28. The largest absolute Gasteiger partial charge is 0.345 e. The maximum Gasteiger partial charge on any atom is 0.254 e. The van der Waals surface area contributed by atoms with Gasteiger partial charge in [0.15, 0.2) is 0 Å². The van der Waals surface area contributed by atoms with Gasteiger partial charge in [0.2, 0.25) is 5.91 Å². The van der Waals surface area contributed by atoms with Crippen LogP contribution in [0.2, 0.25) is 0 Å².